The molecule has 1 saturated carbocycles. The second-order valence-corrected chi connectivity index (χ2v) is 8.53. The van der Waals surface area contributed by atoms with Gasteiger partial charge < -0.3 is 25.1 Å². The van der Waals surface area contributed by atoms with E-state index >= 15 is 0 Å². The van der Waals surface area contributed by atoms with Crippen molar-refractivity contribution in [2.45, 2.75) is 51.7 Å². The summed E-state index contributed by atoms with van der Waals surface area (Å²) < 4.78 is 11.6. The Morgan fingerprint density at radius 3 is 2.42 bits per heavy atom. The van der Waals surface area contributed by atoms with Crippen molar-refractivity contribution in [3.8, 4) is 5.75 Å². The number of likely N-dealkylation sites (N-methyl/N-ethyl adjacent to an activating group) is 2. The molecule has 1 aromatic carbocycles. The summed E-state index contributed by atoms with van der Waals surface area (Å²) in [6.07, 6.45) is 5.64. The summed E-state index contributed by atoms with van der Waals surface area (Å²) in [5.41, 5.74) is 9.66. The molecule has 33 heavy (non-hydrogen) atoms. The zero-order valence-electron chi connectivity index (χ0n) is 19.8. The first-order valence-electron chi connectivity index (χ1n) is 11.4. The molecule has 0 radical (unpaired) electrons. The summed E-state index contributed by atoms with van der Waals surface area (Å²) >= 11 is 0. The second-order valence-electron chi connectivity index (χ2n) is 8.53. The topological polar surface area (TPSA) is 107 Å². The van der Waals surface area contributed by atoms with Gasteiger partial charge in [-0.25, -0.2) is 15.6 Å². The number of carbonyl (C=O) groups excluding carboxylic acids is 1. The maximum Gasteiger partial charge on any atom is 0.410 e. The average molecular weight is 454 g/mol. The van der Waals surface area contributed by atoms with Crippen LogP contribution < -0.4 is 16.3 Å². The van der Waals surface area contributed by atoms with Gasteiger partial charge in [-0.3, -0.25) is 0 Å². The van der Waals surface area contributed by atoms with Crippen LogP contribution >= 0.6 is 0 Å². The Balaban J connectivity index is 1.68. The van der Waals surface area contributed by atoms with E-state index in [0.29, 0.717) is 17.1 Å². The number of nitrogens with zero attached hydrogens (tertiary/aromatic N) is 3. The number of rotatable bonds is 8. The summed E-state index contributed by atoms with van der Waals surface area (Å²) in [4.78, 5) is 18.5. The van der Waals surface area contributed by atoms with Crippen molar-refractivity contribution in [2.75, 3.05) is 20.6 Å². The quantitative estimate of drug-likeness (QED) is 0.462. The zero-order valence-corrected chi connectivity index (χ0v) is 19.8. The predicted octanol–water partition coefficient (Wildman–Crippen LogP) is 3.80. The van der Waals surface area contributed by atoms with E-state index in [9.17, 15) is 4.79 Å². The fraction of sp³-hybridized carbons (Fsp3) is 0.440. The fourth-order valence-corrected chi connectivity index (χ4v) is 3.84. The highest BCUT2D eigenvalue weighted by molar-refractivity contribution is 5.69. The van der Waals surface area contributed by atoms with Crippen molar-refractivity contribution in [1.29, 1.82) is 0 Å². The van der Waals surface area contributed by atoms with E-state index in [4.69, 9.17) is 21.1 Å². The number of aromatic nitrogens is 1. The smallest absolute Gasteiger partial charge is 0.410 e. The summed E-state index contributed by atoms with van der Waals surface area (Å²) in [5, 5.41) is 1.40. The molecule has 1 aliphatic carbocycles. The molecule has 0 bridgehead atoms. The summed E-state index contributed by atoms with van der Waals surface area (Å²) in [6, 6.07) is 13.3. The molecule has 1 amide bonds. The molecule has 2 aromatic rings. The minimum Gasteiger partial charge on any atom is -0.489 e. The average Bonchev–Trinajstić information content (AvgIpc) is 2.82. The van der Waals surface area contributed by atoms with E-state index in [0.717, 1.165) is 29.8 Å². The molecule has 8 heteroatoms. The van der Waals surface area contributed by atoms with Crippen molar-refractivity contribution < 1.29 is 14.3 Å². The summed E-state index contributed by atoms with van der Waals surface area (Å²) in [7, 11) is 3.32. The van der Waals surface area contributed by atoms with Crippen LogP contribution in [0, 0.1) is 6.92 Å². The highest BCUT2D eigenvalue weighted by atomic mass is 16.6. The lowest BCUT2D eigenvalue weighted by Gasteiger charge is -2.25. The minimum atomic E-state index is -0.466. The van der Waals surface area contributed by atoms with Crippen molar-refractivity contribution in [2.24, 2.45) is 11.6 Å². The van der Waals surface area contributed by atoms with Gasteiger partial charge in [0.05, 0.1) is 35.4 Å². The Morgan fingerprint density at radius 1 is 1.09 bits per heavy atom. The number of nitrogens with two attached hydrogens (primary N) is 2. The van der Waals surface area contributed by atoms with Gasteiger partial charge in [-0.05, 0) is 50.3 Å². The summed E-state index contributed by atoms with van der Waals surface area (Å²) in [6.45, 7) is 2.28. The minimum absolute atomic E-state index is 0.174. The van der Waals surface area contributed by atoms with Gasteiger partial charge in [-0.2, -0.15) is 0 Å². The molecule has 0 spiro atoms. The van der Waals surface area contributed by atoms with Crippen LogP contribution in [0.3, 0.4) is 0 Å². The second kappa shape index (κ2) is 11.6. The fourth-order valence-electron chi connectivity index (χ4n) is 3.84. The van der Waals surface area contributed by atoms with E-state index in [1.54, 1.807) is 14.1 Å². The van der Waals surface area contributed by atoms with Crippen molar-refractivity contribution in [1.82, 2.24) is 14.9 Å². The molecule has 1 heterocycles. The van der Waals surface area contributed by atoms with Crippen LogP contribution in [0.15, 0.2) is 48.2 Å². The van der Waals surface area contributed by atoms with Gasteiger partial charge in [0.25, 0.3) is 0 Å². The largest absolute Gasteiger partial charge is 0.489 e. The maximum atomic E-state index is 12.5. The van der Waals surface area contributed by atoms with Gasteiger partial charge in [0.15, 0.2) is 0 Å². The van der Waals surface area contributed by atoms with E-state index in [2.05, 4.69) is 4.98 Å². The van der Waals surface area contributed by atoms with Crippen LogP contribution in [0.2, 0.25) is 0 Å². The molecule has 3 rings (SSSR count). The third-order valence-corrected chi connectivity index (χ3v) is 5.80. The third kappa shape index (κ3) is 6.86. The molecule has 1 fully saturated rings. The van der Waals surface area contributed by atoms with Crippen molar-refractivity contribution >= 4 is 11.8 Å². The normalized spacial score (nSPS) is 14.9. The Morgan fingerprint density at radius 2 is 1.79 bits per heavy atom. The Labute approximate surface area is 196 Å². The standard InChI is InChI=1S/C25H35N5O3/c1-18-23(33-20-12-8-5-9-13-20)15-14-21(28-18)24(26)22(30(3)27)16-29(2)25(31)32-17-19-10-6-4-7-11-19/h4,6-7,10-11,14-15,20H,5,8-9,12-13,16-17,26-27H2,1-3H3/b24-22-. The van der Waals surface area contributed by atoms with Gasteiger partial charge in [0.1, 0.15) is 12.4 Å². The molecule has 0 saturated heterocycles. The van der Waals surface area contributed by atoms with Gasteiger partial charge in [0, 0.05) is 14.1 Å². The molecule has 4 N–H and O–H groups in total. The van der Waals surface area contributed by atoms with Crippen molar-refractivity contribution in [3.05, 3.63) is 65.1 Å². The van der Waals surface area contributed by atoms with Gasteiger partial charge >= 0.3 is 6.09 Å². The SMILES string of the molecule is Cc1nc(/C(N)=C(\CN(C)C(=O)OCc2ccccc2)N(C)N)ccc1OC1CCCCC1. The van der Waals surface area contributed by atoms with Gasteiger partial charge in [-0.1, -0.05) is 36.8 Å². The Bertz CT molecular complexity index is 956. The zero-order chi connectivity index (χ0) is 23.8. The molecular weight excluding hydrogens is 418 g/mol. The van der Waals surface area contributed by atoms with Crippen LogP contribution in [0.4, 0.5) is 4.79 Å². The number of hydrogen-bond donors (Lipinski definition) is 2. The maximum absolute atomic E-state index is 12.5. The number of ether oxygens (including phenoxy) is 2. The van der Waals surface area contributed by atoms with Crippen LogP contribution in [-0.4, -0.2) is 47.7 Å². The number of pyridine rings is 1. The number of hydrogen-bond acceptors (Lipinski definition) is 7. The lowest BCUT2D eigenvalue weighted by Crippen LogP contribution is -2.37. The van der Waals surface area contributed by atoms with E-state index in [-0.39, 0.29) is 19.3 Å². The molecule has 1 aliphatic rings. The molecule has 178 valence electrons. The molecule has 8 nitrogen and oxygen atoms in total. The summed E-state index contributed by atoms with van der Waals surface area (Å²) in [5.74, 6) is 6.82. The first-order valence-corrected chi connectivity index (χ1v) is 11.4. The predicted molar refractivity (Wildman–Crippen MR) is 129 cm³/mol. The first kappa shape index (κ1) is 24.4. The third-order valence-electron chi connectivity index (χ3n) is 5.80. The molecular formula is C25H35N5O3. The van der Waals surface area contributed by atoms with E-state index in [1.165, 1.54) is 29.2 Å². The highest BCUT2D eigenvalue weighted by Crippen LogP contribution is 2.26. The van der Waals surface area contributed by atoms with E-state index < -0.39 is 6.09 Å². The van der Waals surface area contributed by atoms with Crippen molar-refractivity contribution in [3.63, 3.8) is 0 Å². The molecule has 0 aliphatic heterocycles. The number of carbonyl (C=O) groups is 1. The molecule has 0 atom stereocenters. The van der Waals surface area contributed by atoms with Gasteiger partial charge in [-0.15, -0.1) is 0 Å². The Kier molecular flexibility index (Phi) is 8.54. The van der Waals surface area contributed by atoms with Crippen LogP contribution in [-0.2, 0) is 11.3 Å². The number of aryl methyl sites for hydroxylation is 1. The van der Waals surface area contributed by atoms with Crippen LogP contribution in [0.1, 0.15) is 49.1 Å². The number of hydrazine groups is 1. The highest BCUT2D eigenvalue weighted by Gasteiger charge is 2.19. The molecule has 1 aromatic heterocycles. The van der Waals surface area contributed by atoms with Crippen LogP contribution in [0.25, 0.3) is 5.70 Å². The van der Waals surface area contributed by atoms with E-state index in [1.807, 2.05) is 49.4 Å². The first-order chi connectivity index (χ1) is 15.8. The lowest BCUT2D eigenvalue weighted by atomic mass is 9.98. The monoisotopic (exact) mass is 453 g/mol. The molecule has 0 unspecified atom stereocenters. The Hall–Kier alpha value is -3.26. The van der Waals surface area contributed by atoms with Crippen LogP contribution in [0.5, 0.6) is 5.75 Å². The lowest BCUT2D eigenvalue weighted by molar-refractivity contribution is 0.105. The van der Waals surface area contributed by atoms with Gasteiger partial charge in [0.2, 0.25) is 0 Å². The number of benzene rings is 1. The number of amides is 1.